The number of carbonyl (C=O) groups excluding carboxylic acids is 1. The standard InChI is InChI=1S/C13H11N3O4/c17-8-9-4-5-12(14-7-9)15-13(18)10-2-1-3-11(6-10)16(19)20/h1-7,17H,8H2,(H,14,15,18). The Hall–Kier alpha value is -2.80. The van der Waals surface area contributed by atoms with E-state index in [1.807, 2.05) is 0 Å². The van der Waals surface area contributed by atoms with Crippen LogP contribution in [0.4, 0.5) is 11.5 Å². The van der Waals surface area contributed by atoms with Crippen molar-refractivity contribution < 1.29 is 14.8 Å². The quantitative estimate of drug-likeness (QED) is 0.652. The zero-order chi connectivity index (χ0) is 14.5. The van der Waals surface area contributed by atoms with Crippen LogP contribution in [-0.4, -0.2) is 20.9 Å². The molecule has 0 radical (unpaired) electrons. The number of benzene rings is 1. The monoisotopic (exact) mass is 273 g/mol. The highest BCUT2D eigenvalue weighted by molar-refractivity contribution is 6.04. The van der Waals surface area contributed by atoms with Crippen LogP contribution in [0.5, 0.6) is 0 Å². The number of hydrogen-bond acceptors (Lipinski definition) is 5. The molecule has 1 aromatic heterocycles. The van der Waals surface area contributed by atoms with Gasteiger partial charge in [0.2, 0.25) is 0 Å². The summed E-state index contributed by atoms with van der Waals surface area (Å²) in [5, 5.41) is 22.0. The summed E-state index contributed by atoms with van der Waals surface area (Å²) < 4.78 is 0. The number of non-ortho nitro benzene ring substituents is 1. The molecule has 2 aromatic rings. The van der Waals surface area contributed by atoms with Crippen LogP contribution >= 0.6 is 0 Å². The van der Waals surface area contributed by atoms with Gasteiger partial charge in [-0.25, -0.2) is 4.98 Å². The second kappa shape index (κ2) is 5.89. The Morgan fingerprint density at radius 1 is 1.35 bits per heavy atom. The van der Waals surface area contributed by atoms with E-state index < -0.39 is 10.8 Å². The minimum absolute atomic E-state index is 0.133. The van der Waals surface area contributed by atoms with E-state index in [1.54, 1.807) is 12.1 Å². The van der Waals surface area contributed by atoms with Gasteiger partial charge in [-0.1, -0.05) is 12.1 Å². The Kier molecular flexibility index (Phi) is 4.02. The first-order valence-corrected chi connectivity index (χ1v) is 5.72. The van der Waals surface area contributed by atoms with Crippen molar-refractivity contribution in [3.05, 3.63) is 63.8 Å². The minimum Gasteiger partial charge on any atom is -0.392 e. The summed E-state index contributed by atoms with van der Waals surface area (Å²) in [7, 11) is 0. The molecule has 0 spiro atoms. The van der Waals surface area contributed by atoms with Gasteiger partial charge in [0.25, 0.3) is 11.6 Å². The number of amides is 1. The third-order valence-electron chi connectivity index (χ3n) is 2.57. The Balaban J connectivity index is 2.14. The molecule has 0 fully saturated rings. The topological polar surface area (TPSA) is 105 Å². The fourth-order valence-corrected chi connectivity index (χ4v) is 1.54. The van der Waals surface area contributed by atoms with E-state index >= 15 is 0 Å². The Labute approximate surface area is 114 Å². The lowest BCUT2D eigenvalue weighted by molar-refractivity contribution is -0.384. The average Bonchev–Trinajstić information content (AvgIpc) is 2.48. The van der Waals surface area contributed by atoms with E-state index in [2.05, 4.69) is 10.3 Å². The highest BCUT2D eigenvalue weighted by Crippen LogP contribution is 2.14. The summed E-state index contributed by atoms with van der Waals surface area (Å²) in [6, 6.07) is 8.58. The maximum absolute atomic E-state index is 11.9. The molecule has 7 nitrogen and oxygen atoms in total. The number of aliphatic hydroxyl groups is 1. The molecular formula is C13H11N3O4. The van der Waals surface area contributed by atoms with E-state index in [-0.39, 0.29) is 17.9 Å². The molecule has 0 saturated heterocycles. The van der Waals surface area contributed by atoms with Gasteiger partial charge in [-0.2, -0.15) is 0 Å². The van der Waals surface area contributed by atoms with Gasteiger partial charge in [-0.05, 0) is 17.7 Å². The maximum atomic E-state index is 11.9. The van der Waals surface area contributed by atoms with Gasteiger partial charge < -0.3 is 10.4 Å². The van der Waals surface area contributed by atoms with E-state index in [0.29, 0.717) is 11.4 Å². The van der Waals surface area contributed by atoms with Crippen LogP contribution in [-0.2, 0) is 6.61 Å². The Bertz CT molecular complexity index is 640. The zero-order valence-electron chi connectivity index (χ0n) is 10.3. The third kappa shape index (κ3) is 3.15. The normalized spacial score (nSPS) is 10.1. The van der Waals surface area contributed by atoms with Crippen molar-refractivity contribution >= 4 is 17.4 Å². The van der Waals surface area contributed by atoms with Crippen LogP contribution in [0.25, 0.3) is 0 Å². The largest absolute Gasteiger partial charge is 0.392 e. The molecular weight excluding hydrogens is 262 g/mol. The van der Waals surface area contributed by atoms with Crippen molar-refractivity contribution in [3.8, 4) is 0 Å². The van der Waals surface area contributed by atoms with Gasteiger partial charge in [-0.15, -0.1) is 0 Å². The van der Waals surface area contributed by atoms with Gasteiger partial charge in [0.1, 0.15) is 5.82 Å². The number of pyridine rings is 1. The number of aromatic nitrogens is 1. The number of nitrogens with one attached hydrogen (secondary N) is 1. The molecule has 0 aliphatic heterocycles. The number of rotatable bonds is 4. The lowest BCUT2D eigenvalue weighted by Gasteiger charge is -2.05. The molecule has 0 atom stereocenters. The van der Waals surface area contributed by atoms with Gasteiger partial charge in [-0.3, -0.25) is 14.9 Å². The predicted molar refractivity (Wildman–Crippen MR) is 71.2 cm³/mol. The molecule has 7 heteroatoms. The summed E-state index contributed by atoms with van der Waals surface area (Å²) in [5.41, 5.74) is 0.645. The van der Waals surface area contributed by atoms with Gasteiger partial charge >= 0.3 is 0 Å². The third-order valence-corrected chi connectivity index (χ3v) is 2.57. The van der Waals surface area contributed by atoms with Gasteiger partial charge in [0.05, 0.1) is 11.5 Å². The highest BCUT2D eigenvalue weighted by atomic mass is 16.6. The number of nitrogens with zero attached hydrogens (tertiary/aromatic N) is 2. The smallest absolute Gasteiger partial charge is 0.270 e. The van der Waals surface area contributed by atoms with Crippen molar-refractivity contribution in [3.63, 3.8) is 0 Å². The highest BCUT2D eigenvalue weighted by Gasteiger charge is 2.11. The van der Waals surface area contributed by atoms with Crippen molar-refractivity contribution in [1.82, 2.24) is 4.98 Å². The molecule has 0 aliphatic carbocycles. The van der Waals surface area contributed by atoms with Crippen molar-refractivity contribution in [2.45, 2.75) is 6.61 Å². The zero-order valence-corrected chi connectivity index (χ0v) is 10.3. The van der Waals surface area contributed by atoms with E-state index in [4.69, 9.17) is 5.11 Å². The summed E-state index contributed by atoms with van der Waals surface area (Å²) in [6.07, 6.45) is 1.43. The van der Waals surface area contributed by atoms with Crippen LogP contribution in [0.1, 0.15) is 15.9 Å². The lowest BCUT2D eigenvalue weighted by atomic mass is 10.2. The van der Waals surface area contributed by atoms with Crippen LogP contribution < -0.4 is 5.32 Å². The van der Waals surface area contributed by atoms with E-state index in [1.165, 1.54) is 30.5 Å². The van der Waals surface area contributed by atoms with Gasteiger partial charge in [0, 0.05) is 23.9 Å². The van der Waals surface area contributed by atoms with Crippen molar-refractivity contribution in [1.29, 1.82) is 0 Å². The molecule has 0 bridgehead atoms. The van der Waals surface area contributed by atoms with Crippen LogP contribution in [0.15, 0.2) is 42.6 Å². The summed E-state index contributed by atoms with van der Waals surface area (Å²) >= 11 is 0. The van der Waals surface area contributed by atoms with Gasteiger partial charge in [0.15, 0.2) is 0 Å². The number of carbonyl (C=O) groups is 1. The number of hydrogen-bond donors (Lipinski definition) is 2. The molecule has 1 aromatic carbocycles. The molecule has 1 heterocycles. The molecule has 0 saturated carbocycles. The van der Waals surface area contributed by atoms with Crippen molar-refractivity contribution in [2.75, 3.05) is 5.32 Å². The van der Waals surface area contributed by atoms with Crippen molar-refractivity contribution in [2.24, 2.45) is 0 Å². The summed E-state index contributed by atoms with van der Waals surface area (Å²) in [6.45, 7) is -0.133. The number of nitro benzene ring substituents is 1. The SMILES string of the molecule is O=C(Nc1ccc(CO)cn1)c1cccc([N+](=O)[O-])c1. The van der Waals surface area contributed by atoms with Crippen LogP contribution in [0, 0.1) is 10.1 Å². The number of aliphatic hydroxyl groups excluding tert-OH is 1. The molecule has 0 unspecified atom stereocenters. The molecule has 2 N–H and O–H groups in total. The molecule has 1 amide bonds. The Morgan fingerprint density at radius 2 is 2.15 bits per heavy atom. The maximum Gasteiger partial charge on any atom is 0.270 e. The first kappa shape index (κ1) is 13.6. The fraction of sp³-hybridized carbons (Fsp3) is 0.0769. The minimum atomic E-state index is -0.564. The first-order chi connectivity index (χ1) is 9.60. The van der Waals surface area contributed by atoms with E-state index in [9.17, 15) is 14.9 Å². The molecule has 20 heavy (non-hydrogen) atoms. The lowest BCUT2D eigenvalue weighted by Crippen LogP contribution is -2.13. The fourth-order valence-electron chi connectivity index (χ4n) is 1.54. The van der Waals surface area contributed by atoms with E-state index in [0.717, 1.165) is 0 Å². The summed E-state index contributed by atoms with van der Waals surface area (Å²) in [5.74, 6) is -0.184. The Morgan fingerprint density at radius 3 is 2.75 bits per heavy atom. The first-order valence-electron chi connectivity index (χ1n) is 5.72. The predicted octanol–water partition coefficient (Wildman–Crippen LogP) is 1.73. The second-order valence-corrected chi connectivity index (χ2v) is 3.97. The molecule has 102 valence electrons. The average molecular weight is 273 g/mol. The summed E-state index contributed by atoms with van der Waals surface area (Å²) in [4.78, 5) is 25.9. The second-order valence-electron chi connectivity index (χ2n) is 3.97. The molecule has 2 rings (SSSR count). The number of anilines is 1. The van der Waals surface area contributed by atoms with Crippen LogP contribution in [0.3, 0.4) is 0 Å². The number of nitro groups is 1. The molecule has 0 aliphatic rings. The van der Waals surface area contributed by atoms with Crippen LogP contribution in [0.2, 0.25) is 0 Å².